The number of esters is 1. The Balaban J connectivity index is 1.62. The molecule has 5 heteroatoms. The molecule has 0 unspecified atom stereocenters. The van der Waals surface area contributed by atoms with E-state index in [0.717, 1.165) is 5.69 Å². The van der Waals surface area contributed by atoms with Crippen molar-refractivity contribution in [2.45, 2.75) is 57.7 Å². The fourth-order valence-corrected chi connectivity index (χ4v) is 3.45. The number of benzene rings is 1. The van der Waals surface area contributed by atoms with Gasteiger partial charge in [0.2, 0.25) is 0 Å². The minimum atomic E-state index is -0.467. The molecule has 1 aliphatic heterocycles. The first-order valence-corrected chi connectivity index (χ1v) is 8.56. The maximum absolute atomic E-state index is 12.3. The van der Waals surface area contributed by atoms with Gasteiger partial charge in [-0.3, -0.25) is 9.69 Å². The summed E-state index contributed by atoms with van der Waals surface area (Å²) in [5.74, 6) is -0.235. The largest absolute Gasteiger partial charge is 0.460 e. The highest BCUT2D eigenvalue weighted by Crippen LogP contribution is 2.41. The highest BCUT2D eigenvalue weighted by atomic mass is 16.6. The Morgan fingerprint density at radius 2 is 1.83 bits per heavy atom. The average Bonchev–Trinajstić information content (AvgIpc) is 2.83. The predicted octanol–water partition coefficient (Wildman–Crippen LogP) is 3.91. The molecule has 1 saturated carbocycles. The second kappa shape index (κ2) is 6.11. The SMILES string of the molecule is CC(C)(C)OC(=O)C1CCC2(CC1)CN(c1ccccc1)C(=O)O2. The molecule has 0 bridgehead atoms. The Labute approximate surface area is 142 Å². The maximum atomic E-state index is 12.3. The van der Waals surface area contributed by atoms with Crippen LogP contribution < -0.4 is 4.90 Å². The quantitative estimate of drug-likeness (QED) is 0.771. The number of para-hydroxylation sites is 1. The summed E-state index contributed by atoms with van der Waals surface area (Å²) in [5.41, 5.74) is -0.0738. The third-order valence-electron chi connectivity index (χ3n) is 4.68. The molecule has 1 saturated heterocycles. The molecule has 0 radical (unpaired) electrons. The van der Waals surface area contributed by atoms with E-state index >= 15 is 0 Å². The topological polar surface area (TPSA) is 55.8 Å². The first-order chi connectivity index (χ1) is 11.3. The van der Waals surface area contributed by atoms with E-state index in [4.69, 9.17) is 9.47 Å². The Hall–Kier alpha value is -2.04. The van der Waals surface area contributed by atoms with E-state index in [2.05, 4.69) is 0 Å². The third kappa shape index (κ3) is 3.55. The maximum Gasteiger partial charge on any atom is 0.415 e. The minimum Gasteiger partial charge on any atom is -0.460 e. The highest BCUT2D eigenvalue weighted by Gasteiger charge is 2.48. The molecule has 1 heterocycles. The standard InChI is InChI=1S/C19H25NO4/c1-18(2,3)23-16(21)14-9-11-19(12-10-14)13-20(17(22)24-19)15-7-5-4-6-8-15/h4-8,14H,9-13H2,1-3H3. The molecule has 5 nitrogen and oxygen atoms in total. The van der Waals surface area contributed by atoms with E-state index in [1.807, 2.05) is 51.1 Å². The molecule has 130 valence electrons. The minimum absolute atomic E-state index is 0.0978. The van der Waals surface area contributed by atoms with Crippen LogP contribution in [0.25, 0.3) is 0 Å². The molecule has 0 aromatic heterocycles. The molecule has 0 atom stereocenters. The molecule has 1 aromatic rings. The Morgan fingerprint density at radius 1 is 1.21 bits per heavy atom. The van der Waals surface area contributed by atoms with Crippen molar-refractivity contribution in [1.29, 1.82) is 0 Å². The lowest BCUT2D eigenvalue weighted by Gasteiger charge is -2.35. The van der Waals surface area contributed by atoms with Crippen molar-refractivity contribution in [3.8, 4) is 0 Å². The van der Waals surface area contributed by atoms with Gasteiger partial charge in [-0.15, -0.1) is 0 Å². The van der Waals surface area contributed by atoms with Crippen LogP contribution in [0.1, 0.15) is 46.5 Å². The van der Waals surface area contributed by atoms with Crippen LogP contribution in [-0.4, -0.2) is 29.8 Å². The molecule has 1 amide bonds. The van der Waals surface area contributed by atoms with Gasteiger partial charge in [-0.2, -0.15) is 0 Å². The van der Waals surface area contributed by atoms with Crippen LogP contribution in [0.2, 0.25) is 0 Å². The molecule has 0 N–H and O–H groups in total. The number of hydrogen-bond acceptors (Lipinski definition) is 4. The Bertz CT molecular complexity index is 612. The summed E-state index contributed by atoms with van der Waals surface area (Å²) in [6.07, 6.45) is 2.50. The predicted molar refractivity (Wildman–Crippen MR) is 90.8 cm³/mol. The number of ether oxygens (including phenoxy) is 2. The lowest BCUT2D eigenvalue weighted by Crippen LogP contribution is -2.41. The molecule has 1 aliphatic carbocycles. The summed E-state index contributed by atoms with van der Waals surface area (Å²) in [6.45, 7) is 6.19. The molecule has 1 aromatic carbocycles. The number of amides is 1. The molecular formula is C19H25NO4. The van der Waals surface area contributed by atoms with Gasteiger partial charge in [-0.1, -0.05) is 18.2 Å². The van der Waals surface area contributed by atoms with E-state index < -0.39 is 11.2 Å². The van der Waals surface area contributed by atoms with Crippen molar-refractivity contribution in [2.24, 2.45) is 5.92 Å². The van der Waals surface area contributed by atoms with Crippen molar-refractivity contribution in [2.75, 3.05) is 11.4 Å². The zero-order valence-corrected chi connectivity index (χ0v) is 14.6. The van der Waals surface area contributed by atoms with Gasteiger partial charge >= 0.3 is 12.1 Å². The fourth-order valence-electron chi connectivity index (χ4n) is 3.45. The van der Waals surface area contributed by atoms with E-state index in [9.17, 15) is 9.59 Å². The summed E-state index contributed by atoms with van der Waals surface area (Å²) in [6, 6.07) is 9.56. The summed E-state index contributed by atoms with van der Waals surface area (Å²) < 4.78 is 11.2. The van der Waals surface area contributed by atoms with Gasteiger partial charge in [0.25, 0.3) is 0 Å². The van der Waals surface area contributed by atoms with Crippen LogP contribution >= 0.6 is 0 Å². The third-order valence-corrected chi connectivity index (χ3v) is 4.68. The van der Waals surface area contributed by atoms with Crippen molar-refractivity contribution < 1.29 is 19.1 Å². The van der Waals surface area contributed by atoms with Gasteiger partial charge < -0.3 is 9.47 Å². The van der Waals surface area contributed by atoms with E-state index in [-0.39, 0.29) is 18.0 Å². The molecular weight excluding hydrogens is 306 g/mol. The van der Waals surface area contributed by atoms with Crippen molar-refractivity contribution in [1.82, 2.24) is 0 Å². The highest BCUT2D eigenvalue weighted by molar-refractivity contribution is 5.90. The van der Waals surface area contributed by atoms with Crippen molar-refractivity contribution >= 4 is 17.7 Å². The van der Waals surface area contributed by atoms with E-state index in [0.29, 0.717) is 32.2 Å². The van der Waals surface area contributed by atoms with Gasteiger partial charge in [-0.25, -0.2) is 4.79 Å². The number of nitrogens with zero attached hydrogens (tertiary/aromatic N) is 1. The normalized spacial score (nSPS) is 27.2. The molecule has 2 aliphatic rings. The van der Waals surface area contributed by atoms with Gasteiger partial charge in [0.05, 0.1) is 12.5 Å². The van der Waals surface area contributed by atoms with Crippen LogP contribution in [0.5, 0.6) is 0 Å². The van der Waals surface area contributed by atoms with E-state index in [1.54, 1.807) is 4.90 Å². The molecule has 1 spiro atoms. The second-order valence-electron chi connectivity index (χ2n) is 7.78. The Kier molecular flexibility index (Phi) is 4.28. The molecule has 2 fully saturated rings. The van der Waals surface area contributed by atoms with Gasteiger partial charge in [0.15, 0.2) is 0 Å². The smallest absolute Gasteiger partial charge is 0.415 e. The molecule has 3 rings (SSSR count). The molecule has 24 heavy (non-hydrogen) atoms. The number of hydrogen-bond donors (Lipinski definition) is 0. The van der Waals surface area contributed by atoms with Crippen molar-refractivity contribution in [3.05, 3.63) is 30.3 Å². The number of carbonyl (C=O) groups is 2. The lowest BCUT2D eigenvalue weighted by atomic mass is 9.78. The van der Waals surface area contributed by atoms with Crippen LogP contribution in [0.4, 0.5) is 10.5 Å². The summed E-state index contributed by atoms with van der Waals surface area (Å²) in [7, 11) is 0. The summed E-state index contributed by atoms with van der Waals surface area (Å²) >= 11 is 0. The zero-order chi connectivity index (χ0) is 17.4. The fraction of sp³-hybridized carbons (Fsp3) is 0.579. The summed E-state index contributed by atoms with van der Waals surface area (Å²) in [5, 5.41) is 0. The lowest BCUT2D eigenvalue weighted by molar-refractivity contribution is -0.162. The van der Waals surface area contributed by atoms with Crippen molar-refractivity contribution in [3.63, 3.8) is 0 Å². The number of anilines is 1. The average molecular weight is 331 g/mol. The van der Waals surface area contributed by atoms with Crippen LogP contribution in [-0.2, 0) is 14.3 Å². The summed E-state index contributed by atoms with van der Waals surface area (Å²) in [4.78, 5) is 26.2. The first-order valence-electron chi connectivity index (χ1n) is 8.56. The number of rotatable bonds is 2. The van der Waals surface area contributed by atoms with Crippen LogP contribution in [0.3, 0.4) is 0 Å². The number of carbonyl (C=O) groups excluding carboxylic acids is 2. The van der Waals surface area contributed by atoms with Crippen LogP contribution in [0.15, 0.2) is 30.3 Å². The van der Waals surface area contributed by atoms with Gasteiger partial charge in [-0.05, 0) is 58.6 Å². The van der Waals surface area contributed by atoms with Crippen LogP contribution in [0, 0.1) is 5.92 Å². The van der Waals surface area contributed by atoms with Gasteiger partial charge in [0.1, 0.15) is 11.2 Å². The zero-order valence-electron chi connectivity index (χ0n) is 14.6. The Morgan fingerprint density at radius 3 is 2.42 bits per heavy atom. The first kappa shape index (κ1) is 16.8. The second-order valence-corrected chi connectivity index (χ2v) is 7.78. The van der Waals surface area contributed by atoms with E-state index in [1.165, 1.54) is 0 Å². The monoisotopic (exact) mass is 331 g/mol. The van der Waals surface area contributed by atoms with Gasteiger partial charge in [0, 0.05) is 5.69 Å².